The first kappa shape index (κ1) is 33.5. The van der Waals surface area contributed by atoms with Gasteiger partial charge in [0.05, 0.1) is 16.4 Å². The molecule has 60 heavy (non-hydrogen) atoms. The van der Waals surface area contributed by atoms with Crippen LogP contribution in [-0.4, -0.2) is 11.3 Å². The third kappa shape index (κ3) is 4.52. The van der Waals surface area contributed by atoms with Crippen LogP contribution in [0.2, 0.25) is 0 Å². The Bertz CT molecular complexity index is 3370. The maximum absolute atomic E-state index is 7.42. The Morgan fingerprint density at radius 1 is 0.500 bits per heavy atom. The van der Waals surface area contributed by atoms with Crippen LogP contribution >= 0.6 is 0 Å². The van der Waals surface area contributed by atoms with Crippen molar-refractivity contribution in [2.75, 3.05) is 4.90 Å². The quantitative estimate of drug-likeness (QED) is 0.167. The second-order valence-corrected chi connectivity index (χ2v) is 16.8. The molecule has 4 nitrogen and oxygen atoms in total. The Morgan fingerprint density at radius 3 is 1.93 bits per heavy atom. The van der Waals surface area contributed by atoms with E-state index in [-0.39, 0.29) is 12.1 Å². The number of hydrogen-bond acceptors (Lipinski definition) is 3. The van der Waals surface area contributed by atoms with Gasteiger partial charge in [-0.2, -0.15) is 0 Å². The minimum atomic E-state index is -0.354. The van der Waals surface area contributed by atoms with E-state index in [4.69, 9.17) is 9.47 Å². The Kier molecular flexibility index (Phi) is 6.84. The van der Waals surface area contributed by atoms with Gasteiger partial charge in [-0.3, -0.25) is 0 Å². The molecule has 0 saturated carbocycles. The zero-order valence-electron chi connectivity index (χ0n) is 33.2. The average Bonchev–Trinajstić information content (AvgIpc) is 3.75. The highest BCUT2D eigenvalue weighted by Crippen LogP contribution is 2.57. The number of hydrogen-bond donors (Lipinski definition) is 0. The van der Waals surface area contributed by atoms with E-state index in [1.54, 1.807) is 0 Å². The van der Waals surface area contributed by atoms with Crippen molar-refractivity contribution in [2.24, 2.45) is 0 Å². The molecule has 1 aliphatic carbocycles. The summed E-state index contributed by atoms with van der Waals surface area (Å²) < 4.78 is 17.1. The molecule has 3 aliphatic rings. The van der Waals surface area contributed by atoms with E-state index >= 15 is 0 Å². The molecule has 13 rings (SSSR count). The summed E-state index contributed by atoms with van der Waals surface area (Å²) in [5.74, 6) is 3.57. The Balaban J connectivity index is 1.07. The largest absolute Gasteiger partial charge is 0.458 e. The standard InChI is InChI=1S/C55H37BN2O2/c1-55(2)42-32-38(57(35-17-6-3-7-18-35)36-19-8-4-9-20-36)27-28-40(42)49-43(55)33-48-52-54(49)59-47-31-26-34-16-12-13-23-39(34)51(47)56(52)44-29-30-46-50(53(44)60-48)41-24-14-15-25-45(41)58(46)37-21-10-5-11-22-37/h3-33H,1-2H3. The molecule has 0 atom stereocenters. The van der Waals surface area contributed by atoms with E-state index < -0.39 is 0 Å². The van der Waals surface area contributed by atoms with Crippen LogP contribution in [0.4, 0.5) is 17.1 Å². The fraction of sp³-hybridized carbons (Fsp3) is 0.0545. The van der Waals surface area contributed by atoms with Crippen LogP contribution < -0.4 is 30.8 Å². The molecule has 0 fully saturated rings. The Labute approximate surface area is 348 Å². The van der Waals surface area contributed by atoms with Crippen molar-refractivity contribution >= 4 is 72.7 Å². The first-order valence-corrected chi connectivity index (χ1v) is 20.8. The maximum Gasteiger partial charge on any atom is 0.261 e. The van der Waals surface area contributed by atoms with E-state index in [0.717, 1.165) is 78.7 Å². The Hall–Kier alpha value is -7.50. The van der Waals surface area contributed by atoms with Crippen LogP contribution in [-0.2, 0) is 5.41 Å². The first-order valence-electron chi connectivity index (χ1n) is 20.8. The van der Waals surface area contributed by atoms with Gasteiger partial charge in [-0.25, -0.2) is 0 Å². The average molecular weight is 769 g/mol. The van der Waals surface area contributed by atoms with Gasteiger partial charge in [-0.05, 0) is 111 Å². The second kappa shape index (κ2) is 12.3. The molecule has 0 N–H and O–H groups in total. The van der Waals surface area contributed by atoms with Crippen molar-refractivity contribution in [3.05, 3.63) is 199 Å². The van der Waals surface area contributed by atoms with Crippen LogP contribution in [0, 0.1) is 0 Å². The van der Waals surface area contributed by atoms with Crippen LogP contribution in [0.3, 0.4) is 0 Å². The number of fused-ring (bicyclic) bond motifs is 14. The van der Waals surface area contributed by atoms with Gasteiger partial charge in [0, 0.05) is 44.6 Å². The predicted octanol–water partition coefficient (Wildman–Crippen LogP) is 12.4. The lowest BCUT2D eigenvalue weighted by Gasteiger charge is -2.36. The number of rotatable bonds is 4. The van der Waals surface area contributed by atoms with E-state index in [0.29, 0.717) is 0 Å². The van der Waals surface area contributed by atoms with Crippen LogP contribution in [0.15, 0.2) is 188 Å². The predicted molar refractivity (Wildman–Crippen MR) is 248 cm³/mol. The summed E-state index contributed by atoms with van der Waals surface area (Å²) in [6, 6.07) is 67.7. The molecule has 0 unspecified atom stereocenters. The summed E-state index contributed by atoms with van der Waals surface area (Å²) in [7, 11) is 0. The van der Waals surface area contributed by atoms with Crippen LogP contribution in [0.1, 0.15) is 25.0 Å². The van der Waals surface area contributed by atoms with Crippen molar-refractivity contribution in [3.63, 3.8) is 0 Å². The van der Waals surface area contributed by atoms with E-state index in [1.165, 1.54) is 38.3 Å². The maximum atomic E-state index is 7.42. The highest BCUT2D eigenvalue weighted by atomic mass is 16.5. The van der Waals surface area contributed by atoms with Gasteiger partial charge in [-0.1, -0.05) is 129 Å². The molecule has 0 radical (unpaired) electrons. The van der Waals surface area contributed by atoms with E-state index in [1.807, 2.05) is 0 Å². The fourth-order valence-corrected chi connectivity index (χ4v) is 10.6. The monoisotopic (exact) mass is 768 g/mol. The fourth-order valence-electron chi connectivity index (χ4n) is 10.6. The summed E-state index contributed by atoms with van der Waals surface area (Å²) in [6.07, 6.45) is 0. The molecule has 0 saturated heterocycles. The summed E-state index contributed by atoms with van der Waals surface area (Å²) in [5, 5.41) is 4.69. The molecule has 2 aliphatic heterocycles. The highest BCUT2D eigenvalue weighted by molar-refractivity contribution is 7.00. The normalized spacial score (nSPS) is 13.9. The van der Waals surface area contributed by atoms with Crippen molar-refractivity contribution in [2.45, 2.75) is 19.3 Å². The SMILES string of the molecule is CC1(C)c2cc(N(c3ccccc3)c3ccccc3)ccc2-c2c1cc1c3c2Oc2ccc4ccccc4c2B3c2ccc3c(c2O1)c1ccccc1n3-c1ccccc1. The van der Waals surface area contributed by atoms with Crippen LogP contribution in [0.5, 0.6) is 23.0 Å². The number of anilines is 3. The Morgan fingerprint density at radius 2 is 1.17 bits per heavy atom. The third-order valence-corrected chi connectivity index (χ3v) is 13.3. The minimum absolute atomic E-state index is 0.111. The summed E-state index contributed by atoms with van der Waals surface area (Å²) in [4.78, 5) is 2.35. The second-order valence-electron chi connectivity index (χ2n) is 16.8. The first-order chi connectivity index (χ1) is 29.5. The minimum Gasteiger partial charge on any atom is -0.458 e. The number of benzene rings is 9. The number of aromatic nitrogens is 1. The van der Waals surface area contributed by atoms with Crippen molar-refractivity contribution < 1.29 is 9.47 Å². The summed E-state index contributed by atoms with van der Waals surface area (Å²) in [5.41, 5.74) is 14.7. The van der Waals surface area contributed by atoms with Crippen molar-refractivity contribution in [3.8, 4) is 39.8 Å². The van der Waals surface area contributed by atoms with Gasteiger partial charge < -0.3 is 18.9 Å². The third-order valence-electron chi connectivity index (χ3n) is 13.3. The topological polar surface area (TPSA) is 26.6 Å². The zero-order valence-corrected chi connectivity index (χ0v) is 33.2. The summed E-state index contributed by atoms with van der Waals surface area (Å²) >= 11 is 0. The molecule has 3 heterocycles. The number of para-hydroxylation sites is 4. The van der Waals surface area contributed by atoms with E-state index in [2.05, 4.69) is 211 Å². The smallest absolute Gasteiger partial charge is 0.261 e. The molecule has 0 spiro atoms. The molecule has 282 valence electrons. The number of nitrogens with zero attached hydrogens (tertiary/aromatic N) is 2. The van der Waals surface area contributed by atoms with Gasteiger partial charge in [0.15, 0.2) is 0 Å². The highest BCUT2D eigenvalue weighted by Gasteiger charge is 2.48. The zero-order chi connectivity index (χ0) is 39.7. The van der Waals surface area contributed by atoms with E-state index in [9.17, 15) is 0 Å². The molecule has 10 aromatic rings. The van der Waals surface area contributed by atoms with Crippen molar-refractivity contribution in [1.29, 1.82) is 0 Å². The van der Waals surface area contributed by atoms with Gasteiger partial charge in [0.2, 0.25) is 0 Å². The van der Waals surface area contributed by atoms with Gasteiger partial charge in [-0.15, -0.1) is 0 Å². The molecular formula is C55H37BN2O2. The molecule has 0 amide bonds. The van der Waals surface area contributed by atoms with Gasteiger partial charge >= 0.3 is 0 Å². The molecule has 1 aromatic heterocycles. The molecular weight excluding hydrogens is 731 g/mol. The lowest BCUT2D eigenvalue weighted by molar-refractivity contribution is 0.466. The molecule has 5 heteroatoms. The van der Waals surface area contributed by atoms with Gasteiger partial charge in [0.25, 0.3) is 6.71 Å². The summed E-state index contributed by atoms with van der Waals surface area (Å²) in [6.45, 7) is 4.58. The lowest BCUT2D eigenvalue weighted by atomic mass is 9.34. The molecule has 9 aromatic carbocycles. The lowest BCUT2D eigenvalue weighted by Crippen LogP contribution is -2.57. The van der Waals surface area contributed by atoms with Gasteiger partial charge in [0.1, 0.15) is 23.0 Å². The van der Waals surface area contributed by atoms with Crippen molar-refractivity contribution in [1.82, 2.24) is 4.57 Å². The molecule has 0 bridgehead atoms. The van der Waals surface area contributed by atoms with Crippen LogP contribution in [0.25, 0.3) is 49.4 Å². The number of ether oxygens (including phenoxy) is 2.